The summed E-state index contributed by atoms with van der Waals surface area (Å²) in [6.45, 7) is 1.20. The summed E-state index contributed by atoms with van der Waals surface area (Å²) in [6, 6.07) is 0. The third-order valence-electron chi connectivity index (χ3n) is 3.23. The molecule has 0 aromatic heterocycles. The number of ether oxygens (including phenoxy) is 1. The van der Waals surface area contributed by atoms with Crippen LogP contribution in [0.4, 0.5) is 0 Å². The highest BCUT2D eigenvalue weighted by Gasteiger charge is 2.50. The van der Waals surface area contributed by atoms with Gasteiger partial charge in [-0.05, 0) is 25.7 Å². The lowest BCUT2D eigenvalue weighted by molar-refractivity contribution is -0.159. The molecule has 2 aliphatic rings. The Morgan fingerprint density at radius 3 is 2.58 bits per heavy atom. The van der Waals surface area contributed by atoms with Crippen LogP contribution in [0.2, 0.25) is 0 Å². The molecule has 1 heterocycles. The molecule has 0 radical (unpaired) electrons. The molecule has 0 N–H and O–H groups in total. The van der Waals surface area contributed by atoms with Gasteiger partial charge in [-0.25, -0.2) is 0 Å². The van der Waals surface area contributed by atoms with Gasteiger partial charge in [-0.15, -0.1) is 0 Å². The van der Waals surface area contributed by atoms with Crippen LogP contribution >= 0.6 is 0 Å². The highest BCUT2D eigenvalue weighted by molar-refractivity contribution is 5.79. The fraction of sp³-hybridized carbons (Fsp3) is 0.889. The van der Waals surface area contributed by atoms with Crippen molar-refractivity contribution in [3.8, 4) is 0 Å². The van der Waals surface area contributed by atoms with Crippen LogP contribution in [0.15, 0.2) is 0 Å². The maximum absolute atomic E-state index is 11.4. The quantitative estimate of drug-likeness (QED) is 0.611. The van der Waals surface area contributed by atoms with Crippen LogP contribution in [0.1, 0.15) is 25.7 Å². The number of hydrogen-bond donors (Lipinski definition) is 0. The van der Waals surface area contributed by atoms with Gasteiger partial charge in [0.25, 0.3) is 0 Å². The lowest BCUT2D eigenvalue weighted by Gasteiger charge is -2.58. The minimum absolute atomic E-state index is 0.170. The second-order valence-corrected chi connectivity index (χ2v) is 3.81. The molecule has 1 aliphatic carbocycles. The van der Waals surface area contributed by atoms with Crippen LogP contribution in [-0.2, 0) is 9.53 Å². The second kappa shape index (κ2) is 2.73. The van der Waals surface area contributed by atoms with Gasteiger partial charge in [0, 0.05) is 19.2 Å². The van der Waals surface area contributed by atoms with Crippen LogP contribution in [0.3, 0.4) is 0 Å². The monoisotopic (exact) mass is 169 g/mol. The number of likely N-dealkylation sites (tertiary alicyclic amines) is 1. The highest BCUT2D eigenvalue weighted by Crippen LogP contribution is 2.46. The van der Waals surface area contributed by atoms with Gasteiger partial charge >= 0.3 is 0 Å². The first kappa shape index (κ1) is 8.05. The Labute approximate surface area is 72.7 Å². The van der Waals surface area contributed by atoms with E-state index < -0.39 is 0 Å². The molecule has 0 atom stereocenters. The van der Waals surface area contributed by atoms with E-state index in [1.54, 1.807) is 7.11 Å². The van der Waals surface area contributed by atoms with Crippen molar-refractivity contribution in [2.45, 2.75) is 31.2 Å². The number of nitrogens with zero attached hydrogens (tertiary/aromatic N) is 1. The number of rotatable bonds is 2. The van der Waals surface area contributed by atoms with E-state index in [0.717, 1.165) is 6.54 Å². The van der Waals surface area contributed by atoms with Gasteiger partial charge < -0.3 is 9.64 Å². The summed E-state index contributed by atoms with van der Waals surface area (Å²) in [7, 11) is 1.57. The summed E-state index contributed by atoms with van der Waals surface area (Å²) >= 11 is 0. The molecule has 3 nitrogen and oxygen atoms in total. The minimum atomic E-state index is 0.170. The van der Waals surface area contributed by atoms with E-state index in [-0.39, 0.29) is 18.1 Å². The van der Waals surface area contributed by atoms with Gasteiger partial charge in [0.2, 0.25) is 5.91 Å². The van der Waals surface area contributed by atoms with E-state index >= 15 is 0 Å². The first-order valence-electron chi connectivity index (χ1n) is 4.58. The zero-order valence-electron chi connectivity index (χ0n) is 7.51. The van der Waals surface area contributed by atoms with E-state index in [1.165, 1.54) is 25.7 Å². The second-order valence-electron chi connectivity index (χ2n) is 3.81. The summed E-state index contributed by atoms with van der Waals surface area (Å²) in [4.78, 5) is 13.4. The summed E-state index contributed by atoms with van der Waals surface area (Å²) in [5, 5.41) is 0. The smallest absolute Gasteiger partial charge is 0.249 e. The Kier molecular flexibility index (Phi) is 1.83. The molecule has 3 heteroatoms. The number of amides is 1. The van der Waals surface area contributed by atoms with E-state index in [4.69, 9.17) is 4.74 Å². The van der Waals surface area contributed by atoms with E-state index in [0.29, 0.717) is 0 Å². The molecule has 1 saturated heterocycles. The zero-order valence-corrected chi connectivity index (χ0v) is 7.51. The lowest BCUT2D eigenvalue weighted by atomic mass is 9.68. The third kappa shape index (κ3) is 0.959. The van der Waals surface area contributed by atoms with Crippen molar-refractivity contribution >= 4 is 5.91 Å². The van der Waals surface area contributed by atoms with Gasteiger partial charge in [0.15, 0.2) is 0 Å². The van der Waals surface area contributed by atoms with Crippen molar-refractivity contribution in [1.29, 1.82) is 0 Å². The summed E-state index contributed by atoms with van der Waals surface area (Å²) in [5.74, 6) is 0.170. The molecule has 12 heavy (non-hydrogen) atoms. The standard InChI is InChI=1S/C9H15NO2/c1-12-7-8(11)10-6-5-9(10)3-2-4-9/h2-7H2,1H3. The Bertz CT molecular complexity index is 193. The van der Waals surface area contributed by atoms with Gasteiger partial charge in [-0.3, -0.25) is 4.79 Å². The molecule has 0 unspecified atom stereocenters. The van der Waals surface area contributed by atoms with Crippen molar-refractivity contribution in [3.63, 3.8) is 0 Å². The Hall–Kier alpha value is -0.570. The van der Waals surface area contributed by atoms with Crippen molar-refractivity contribution in [2.75, 3.05) is 20.3 Å². The van der Waals surface area contributed by atoms with Crippen molar-refractivity contribution in [2.24, 2.45) is 0 Å². The van der Waals surface area contributed by atoms with E-state index in [2.05, 4.69) is 0 Å². The minimum Gasteiger partial charge on any atom is -0.375 e. The van der Waals surface area contributed by atoms with E-state index in [9.17, 15) is 4.79 Å². The van der Waals surface area contributed by atoms with Gasteiger partial charge in [0.1, 0.15) is 6.61 Å². The molecule has 2 rings (SSSR count). The summed E-state index contributed by atoms with van der Waals surface area (Å²) in [6.07, 6.45) is 4.92. The average Bonchev–Trinajstić information content (AvgIpc) is 1.81. The predicted molar refractivity (Wildman–Crippen MR) is 44.8 cm³/mol. The molecule has 0 aromatic carbocycles. The van der Waals surface area contributed by atoms with Crippen molar-refractivity contribution in [1.82, 2.24) is 4.90 Å². The molecule has 0 bridgehead atoms. The van der Waals surface area contributed by atoms with Crippen molar-refractivity contribution in [3.05, 3.63) is 0 Å². The van der Waals surface area contributed by atoms with Gasteiger partial charge in [-0.2, -0.15) is 0 Å². The molecule has 2 fully saturated rings. The summed E-state index contributed by atoms with van der Waals surface area (Å²) in [5.41, 5.74) is 0.287. The normalized spacial score (nSPS) is 24.9. The average molecular weight is 169 g/mol. The first-order valence-corrected chi connectivity index (χ1v) is 4.58. The van der Waals surface area contributed by atoms with Crippen LogP contribution in [0.25, 0.3) is 0 Å². The van der Waals surface area contributed by atoms with Crippen molar-refractivity contribution < 1.29 is 9.53 Å². The van der Waals surface area contributed by atoms with Crippen LogP contribution in [0.5, 0.6) is 0 Å². The van der Waals surface area contributed by atoms with Gasteiger partial charge in [0.05, 0.1) is 0 Å². The topological polar surface area (TPSA) is 29.5 Å². The lowest BCUT2D eigenvalue weighted by Crippen LogP contribution is -2.66. The SMILES string of the molecule is COCC(=O)N1CCC12CCC2. The molecule has 0 aromatic rings. The first-order chi connectivity index (χ1) is 5.78. The molecular weight excluding hydrogens is 154 g/mol. The Balaban J connectivity index is 1.92. The number of carbonyl (C=O) groups is 1. The maximum Gasteiger partial charge on any atom is 0.249 e. The van der Waals surface area contributed by atoms with Crippen LogP contribution < -0.4 is 0 Å². The highest BCUT2D eigenvalue weighted by atomic mass is 16.5. The number of carbonyl (C=O) groups excluding carboxylic acids is 1. The molecule has 68 valence electrons. The Morgan fingerprint density at radius 1 is 1.50 bits per heavy atom. The third-order valence-corrected chi connectivity index (χ3v) is 3.23. The van der Waals surface area contributed by atoms with E-state index in [1.807, 2.05) is 4.90 Å². The molecular formula is C9H15NO2. The zero-order chi connectivity index (χ0) is 8.60. The fourth-order valence-electron chi connectivity index (χ4n) is 2.24. The fourth-order valence-corrected chi connectivity index (χ4v) is 2.24. The number of methoxy groups -OCH3 is 1. The Morgan fingerprint density at radius 2 is 2.25 bits per heavy atom. The summed E-state index contributed by atoms with van der Waals surface area (Å²) < 4.78 is 4.83. The van der Waals surface area contributed by atoms with Gasteiger partial charge in [-0.1, -0.05) is 0 Å². The molecule has 1 spiro atoms. The maximum atomic E-state index is 11.4. The molecule has 1 amide bonds. The molecule has 1 aliphatic heterocycles. The molecule has 1 saturated carbocycles. The van der Waals surface area contributed by atoms with Crippen LogP contribution in [-0.4, -0.2) is 36.6 Å². The predicted octanol–water partition coefficient (Wildman–Crippen LogP) is 0.788. The largest absolute Gasteiger partial charge is 0.375 e. The van der Waals surface area contributed by atoms with Crippen LogP contribution in [0, 0.1) is 0 Å². The number of hydrogen-bond acceptors (Lipinski definition) is 2.